The van der Waals surface area contributed by atoms with Crippen molar-refractivity contribution in [1.82, 2.24) is 9.97 Å². The summed E-state index contributed by atoms with van der Waals surface area (Å²) in [6, 6.07) is 8.08. The lowest BCUT2D eigenvalue weighted by Crippen LogP contribution is -2.22. The number of aromatic nitrogens is 2. The van der Waals surface area contributed by atoms with E-state index >= 15 is 0 Å². The van der Waals surface area contributed by atoms with Gasteiger partial charge in [-0.05, 0) is 24.5 Å². The third-order valence-corrected chi connectivity index (χ3v) is 3.87. The predicted octanol–water partition coefficient (Wildman–Crippen LogP) is 2.15. The molecule has 0 amide bonds. The van der Waals surface area contributed by atoms with Gasteiger partial charge >= 0.3 is 0 Å². The number of fused-ring (bicyclic) bond motifs is 1. The quantitative estimate of drug-likeness (QED) is 0.651. The SMILES string of the molecule is CCC1CCN(c2nc(NN)nc3ccccc23)C1. The molecule has 1 atom stereocenters. The Bertz CT molecular complexity index is 583. The number of nitrogen functional groups attached to an aromatic ring is 1. The molecule has 3 rings (SSSR count). The summed E-state index contributed by atoms with van der Waals surface area (Å²) < 4.78 is 0. The highest BCUT2D eigenvalue weighted by Gasteiger charge is 2.24. The van der Waals surface area contributed by atoms with Gasteiger partial charge in [-0.3, -0.25) is 5.43 Å². The van der Waals surface area contributed by atoms with E-state index in [9.17, 15) is 0 Å². The van der Waals surface area contributed by atoms with Crippen LogP contribution in [0.2, 0.25) is 0 Å². The minimum Gasteiger partial charge on any atom is -0.356 e. The van der Waals surface area contributed by atoms with Crippen LogP contribution in [0.1, 0.15) is 19.8 Å². The van der Waals surface area contributed by atoms with Crippen molar-refractivity contribution in [3.05, 3.63) is 24.3 Å². The maximum Gasteiger partial charge on any atom is 0.239 e. The van der Waals surface area contributed by atoms with Crippen molar-refractivity contribution in [3.63, 3.8) is 0 Å². The number of nitrogens with one attached hydrogen (secondary N) is 1. The predicted molar refractivity (Wildman–Crippen MR) is 78.0 cm³/mol. The van der Waals surface area contributed by atoms with E-state index in [4.69, 9.17) is 5.84 Å². The summed E-state index contributed by atoms with van der Waals surface area (Å²) in [5, 5.41) is 1.10. The number of hydrazine groups is 1. The molecule has 3 N–H and O–H groups in total. The van der Waals surface area contributed by atoms with Crippen molar-refractivity contribution in [3.8, 4) is 0 Å². The summed E-state index contributed by atoms with van der Waals surface area (Å²) in [7, 11) is 0. The zero-order valence-corrected chi connectivity index (χ0v) is 11.1. The van der Waals surface area contributed by atoms with E-state index in [1.54, 1.807) is 0 Å². The van der Waals surface area contributed by atoms with Crippen molar-refractivity contribution in [1.29, 1.82) is 0 Å². The van der Waals surface area contributed by atoms with E-state index < -0.39 is 0 Å². The molecule has 100 valence electrons. The second-order valence-corrected chi connectivity index (χ2v) is 5.04. The van der Waals surface area contributed by atoms with Crippen LogP contribution in [0.5, 0.6) is 0 Å². The van der Waals surface area contributed by atoms with Gasteiger partial charge in [-0.2, -0.15) is 4.98 Å². The van der Waals surface area contributed by atoms with Gasteiger partial charge in [-0.15, -0.1) is 0 Å². The number of anilines is 2. The summed E-state index contributed by atoms with van der Waals surface area (Å²) in [4.78, 5) is 11.3. The van der Waals surface area contributed by atoms with E-state index in [2.05, 4.69) is 33.3 Å². The summed E-state index contributed by atoms with van der Waals surface area (Å²) in [5.41, 5.74) is 3.49. The van der Waals surface area contributed by atoms with Gasteiger partial charge < -0.3 is 4.90 Å². The summed E-state index contributed by atoms with van der Waals surface area (Å²) in [6.45, 7) is 4.38. The fourth-order valence-electron chi connectivity index (χ4n) is 2.72. The van der Waals surface area contributed by atoms with Gasteiger partial charge in [0.2, 0.25) is 5.95 Å². The van der Waals surface area contributed by atoms with E-state index in [1.165, 1.54) is 12.8 Å². The largest absolute Gasteiger partial charge is 0.356 e. The van der Waals surface area contributed by atoms with Crippen LogP contribution < -0.4 is 16.2 Å². The van der Waals surface area contributed by atoms with Crippen LogP contribution >= 0.6 is 0 Å². The molecular formula is C14H19N5. The minimum atomic E-state index is 0.480. The van der Waals surface area contributed by atoms with Crippen molar-refractivity contribution in [2.75, 3.05) is 23.4 Å². The lowest BCUT2D eigenvalue weighted by molar-refractivity contribution is 0.569. The van der Waals surface area contributed by atoms with Gasteiger partial charge in [-0.25, -0.2) is 10.8 Å². The van der Waals surface area contributed by atoms with Crippen molar-refractivity contribution >= 4 is 22.7 Å². The summed E-state index contributed by atoms with van der Waals surface area (Å²) in [5.74, 6) is 7.71. The number of hydrogen-bond donors (Lipinski definition) is 2. The van der Waals surface area contributed by atoms with Crippen LogP contribution in [0.4, 0.5) is 11.8 Å². The number of rotatable bonds is 3. The Kier molecular flexibility index (Phi) is 3.21. The number of benzene rings is 1. The van der Waals surface area contributed by atoms with Gasteiger partial charge in [0.25, 0.3) is 0 Å². The van der Waals surface area contributed by atoms with E-state index in [1.807, 2.05) is 18.2 Å². The van der Waals surface area contributed by atoms with Crippen LogP contribution in [0.15, 0.2) is 24.3 Å². The lowest BCUT2D eigenvalue weighted by atomic mass is 10.1. The van der Waals surface area contributed by atoms with Gasteiger partial charge in [0.15, 0.2) is 0 Å². The molecule has 2 aromatic rings. The van der Waals surface area contributed by atoms with Gasteiger partial charge in [-0.1, -0.05) is 25.5 Å². The third kappa shape index (κ3) is 2.21. The number of nitrogens with two attached hydrogens (primary N) is 1. The maximum atomic E-state index is 5.47. The van der Waals surface area contributed by atoms with Crippen LogP contribution in [0.25, 0.3) is 10.9 Å². The number of hydrogen-bond acceptors (Lipinski definition) is 5. The molecule has 0 radical (unpaired) electrons. The molecule has 0 saturated carbocycles. The van der Waals surface area contributed by atoms with Gasteiger partial charge in [0, 0.05) is 18.5 Å². The topological polar surface area (TPSA) is 67.1 Å². The number of para-hydroxylation sites is 1. The number of nitrogens with zero attached hydrogens (tertiary/aromatic N) is 3. The minimum absolute atomic E-state index is 0.480. The standard InChI is InChI=1S/C14H19N5/c1-2-10-7-8-19(9-10)13-11-5-3-4-6-12(11)16-14(17-13)18-15/h3-6,10H,2,7-9,15H2,1H3,(H,16,17,18). The molecule has 1 aliphatic rings. The first-order valence-corrected chi connectivity index (χ1v) is 6.80. The highest BCUT2D eigenvalue weighted by atomic mass is 15.3. The Balaban J connectivity index is 2.06. The zero-order chi connectivity index (χ0) is 13.2. The Morgan fingerprint density at radius 1 is 1.37 bits per heavy atom. The van der Waals surface area contributed by atoms with Crippen LogP contribution in [-0.2, 0) is 0 Å². The lowest BCUT2D eigenvalue weighted by Gasteiger charge is -2.19. The fourth-order valence-corrected chi connectivity index (χ4v) is 2.72. The van der Waals surface area contributed by atoms with E-state index in [0.29, 0.717) is 5.95 Å². The molecule has 1 saturated heterocycles. The van der Waals surface area contributed by atoms with Gasteiger partial charge in [0.05, 0.1) is 5.52 Å². The van der Waals surface area contributed by atoms with Crippen LogP contribution in [0, 0.1) is 5.92 Å². The molecule has 1 aromatic heterocycles. The average Bonchev–Trinajstić information content (AvgIpc) is 2.94. The smallest absolute Gasteiger partial charge is 0.239 e. The maximum absolute atomic E-state index is 5.47. The van der Waals surface area contributed by atoms with Crippen molar-refractivity contribution in [2.45, 2.75) is 19.8 Å². The second kappa shape index (κ2) is 5.01. The molecular weight excluding hydrogens is 238 g/mol. The van der Waals surface area contributed by atoms with Crippen LogP contribution in [-0.4, -0.2) is 23.1 Å². The molecule has 5 nitrogen and oxygen atoms in total. The Hall–Kier alpha value is -1.88. The molecule has 1 aliphatic heterocycles. The molecule has 0 bridgehead atoms. The van der Waals surface area contributed by atoms with E-state index in [-0.39, 0.29) is 0 Å². The summed E-state index contributed by atoms with van der Waals surface area (Å²) in [6.07, 6.45) is 2.46. The summed E-state index contributed by atoms with van der Waals surface area (Å²) >= 11 is 0. The normalized spacial score (nSPS) is 19.1. The molecule has 19 heavy (non-hydrogen) atoms. The molecule has 1 unspecified atom stereocenters. The highest BCUT2D eigenvalue weighted by Crippen LogP contribution is 2.30. The first-order chi connectivity index (χ1) is 9.31. The molecule has 5 heteroatoms. The fraction of sp³-hybridized carbons (Fsp3) is 0.429. The monoisotopic (exact) mass is 257 g/mol. The highest BCUT2D eigenvalue weighted by molar-refractivity contribution is 5.90. The Morgan fingerprint density at radius 2 is 2.21 bits per heavy atom. The first-order valence-electron chi connectivity index (χ1n) is 6.80. The molecule has 2 heterocycles. The second-order valence-electron chi connectivity index (χ2n) is 5.04. The van der Waals surface area contributed by atoms with Crippen LogP contribution in [0.3, 0.4) is 0 Å². The molecule has 1 aromatic carbocycles. The van der Waals surface area contributed by atoms with Crippen molar-refractivity contribution in [2.24, 2.45) is 11.8 Å². The molecule has 1 fully saturated rings. The average molecular weight is 257 g/mol. The Labute approximate surface area is 112 Å². The molecule has 0 aliphatic carbocycles. The van der Waals surface area contributed by atoms with E-state index in [0.717, 1.165) is 35.7 Å². The van der Waals surface area contributed by atoms with Crippen molar-refractivity contribution < 1.29 is 0 Å². The third-order valence-electron chi connectivity index (χ3n) is 3.87. The molecule has 0 spiro atoms. The first kappa shape index (κ1) is 12.2. The Morgan fingerprint density at radius 3 is 2.95 bits per heavy atom. The van der Waals surface area contributed by atoms with Gasteiger partial charge in [0.1, 0.15) is 5.82 Å². The zero-order valence-electron chi connectivity index (χ0n) is 11.1.